The normalized spacial score (nSPS) is 17.8. The highest BCUT2D eigenvalue weighted by molar-refractivity contribution is 6.00. The third kappa shape index (κ3) is 5.37. The molecule has 2 amide bonds. The molecule has 1 fully saturated rings. The third-order valence-corrected chi connectivity index (χ3v) is 6.59. The van der Waals surface area contributed by atoms with E-state index in [1.165, 1.54) is 5.56 Å². The van der Waals surface area contributed by atoms with Gasteiger partial charge in [0, 0.05) is 57.3 Å². The zero-order chi connectivity index (χ0) is 22.3. The van der Waals surface area contributed by atoms with E-state index in [2.05, 4.69) is 33.1 Å². The largest absolute Gasteiger partial charge is 0.356 e. The van der Waals surface area contributed by atoms with Crippen molar-refractivity contribution in [3.63, 3.8) is 0 Å². The molecule has 4 rings (SSSR count). The highest BCUT2D eigenvalue weighted by Crippen LogP contribution is 2.30. The van der Waals surface area contributed by atoms with Crippen LogP contribution in [0.2, 0.25) is 0 Å². The summed E-state index contributed by atoms with van der Waals surface area (Å²) < 4.78 is 1.75. The van der Waals surface area contributed by atoms with Crippen LogP contribution in [-0.2, 0) is 16.0 Å². The van der Waals surface area contributed by atoms with Crippen molar-refractivity contribution < 1.29 is 9.59 Å². The summed E-state index contributed by atoms with van der Waals surface area (Å²) in [5, 5.41) is 3.02. The molecule has 2 aliphatic heterocycles. The lowest BCUT2D eigenvalue weighted by Crippen LogP contribution is -2.46. The molecule has 1 aromatic heterocycles. The molecular formula is C24H34N6O2. The molecule has 1 N–H and O–H groups in total. The average Bonchev–Trinajstić information content (AvgIpc) is 3.50. The first-order valence-corrected chi connectivity index (χ1v) is 11.7. The van der Waals surface area contributed by atoms with Gasteiger partial charge in [0.2, 0.25) is 5.91 Å². The van der Waals surface area contributed by atoms with E-state index in [4.69, 9.17) is 0 Å². The van der Waals surface area contributed by atoms with Crippen molar-refractivity contribution in [1.82, 2.24) is 24.7 Å². The Morgan fingerprint density at radius 2 is 1.88 bits per heavy atom. The molecule has 2 aromatic rings. The number of carbonyl (C=O) groups excluding carboxylic acids is 2. The molecule has 0 unspecified atom stereocenters. The average molecular weight is 439 g/mol. The van der Waals surface area contributed by atoms with Crippen LogP contribution in [0.4, 0.5) is 5.69 Å². The Bertz CT molecular complexity index is 892. The molecule has 0 aliphatic carbocycles. The standard InChI is InChI=1S/C24H34N6O2/c1-2-27-14-16-28(17-15-27)11-5-9-26-23(31)18-22(29-13-10-25-19-29)24(32)30-12-8-20-6-3-4-7-21(20)30/h3-4,6-7,10,13,19,22H,2,5,8-9,11-12,14-18H2,1H3,(H,26,31)/t22-/m0/s1. The van der Waals surface area contributed by atoms with E-state index >= 15 is 0 Å². The van der Waals surface area contributed by atoms with Gasteiger partial charge in [-0.05, 0) is 37.6 Å². The minimum absolute atomic E-state index is 0.0584. The molecule has 1 aromatic carbocycles. The Labute approximate surface area is 190 Å². The van der Waals surface area contributed by atoms with Gasteiger partial charge in [0.25, 0.3) is 5.91 Å². The lowest BCUT2D eigenvalue weighted by Gasteiger charge is -2.34. The predicted molar refractivity (Wildman–Crippen MR) is 125 cm³/mol. The topological polar surface area (TPSA) is 73.7 Å². The van der Waals surface area contributed by atoms with E-state index in [1.807, 2.05) is 23.1 Å². The SMILES string of the molecule is CCN1CCN(CCCNC(=O)C[C@@H](C(=O)N2CCc3ccccc32)n2ccnc2)CC1. The molecule has 0 saturated carbocycles. The lowest BCUT2D eigenvalue weighted by molar-refractivity contribution is -0.128. The summed E-state index contributed by atoms with van der Waals surface area (Å²) in [5.41, 5.74) is 2.13. The zero-order valence-corrected chi connectivity index (χ0v) is 18.9. The number of fused-ring (bicyclic) bond motifs is 1. The number of piperazine rings is 1. The predicted octanol–water partition coefficient (Wildman–Crippen LogP) is 1.55. The fourth-order valence-corrected chi connectivity index (χ4v) is 4.63. The first-order chi connectivity index (χ1) is 15.7. The van der Waals surface area contributed by atoms with E-state index in [9.17, 15) is 9.59 Å². The van der Waals surface area contributed by atoms with Gasteiger partial charge in [-0.1, -0.05) is 25.1 Å². The summed E-state index contributed by atoms with van der Waals surface area (Å²) in [4.78, 5) is 37.0. The van der Waals surface area contributed by atoms with Crippen LogP contribution < -0.4 is 10.2 Å². The molecule has 1 atom stereocenters. The molecule has 172 valence electrons. The molecule has 8 heteroatoms. The molecule has 1 saturated heterocycles. The van der Waals surface area contributed by atoms with Gasteiger partial charge in [-0.2, -0.15) is 0 Å². The summed E-state index contributed by atoms with van der Waals surface area (Å²) >= 11 is 0. The Balaban J connectivity index is 1.29. The zero-order valence-electron chi connectivity index (χ0n) is 18.9. The van der Waals surface area contributed by atoms with Crippen LogP contribution in [0.1, 0.15) is 31.4 Å². The molecular weight excluding hydrogens is 404 g/mol. The van der Waals surface area contributed by atoms with Crippen molar-refractivity contribution >= 4 is 17.5 Å². The quantitative estimate of drug-likeness (QED) is 0.602. The van der Waals surface area contributed by atoms with Crippen molar-refractivity contribution in [2.75, 3.05) is 57.3 Å². The number of hydrogen-bond donors (Lipinski definition) is 1. The van der Waals surface area contributed by atoms with Crippen molar-refractivity contribution in [2.24, 2.45) is 0 Å². The van der Waals surface area contributed by atoms with Gasteiger partial charge in [-0.3, -0.25) is 9.59 Å². The number of para-hydroxylation sites is 1. The first kappa shape index (κ1) is 22.5. The Morgan fingerprint density at radius 3 is 2.62 bits per heavy atom. The van der Waals surface area contributed by atoms with Gasteiger partial charge in [-0.25, -0.2) is 4.98 Å². The fourth-order valence-electron chi connectivity index (χ4n) is 4.63. The molecule has 0 spiro atoms. The Hall–Kier alpha value is -2.71. The van der Waals surface area contributed by atoms with E-state index in [1.54, 1.807) is 23.3 Å². The molecule has 32 heavy (non-hydrogen) atoms. The molecule has 3 heterocycles. The minimum Gasteiger partial charge on any atom is -0.356 e. The smallest absolute Gasteiger partial charge is 0.250 e. The van der Waals surface area contributed by atoms with E-state index in [0.717, 1.165) is 57.8 Å². The van der Waals surface area contributed by atoms with Gasteiger partial charge in [-0.15, -0.1) is 0 Å². The number of hydrogen-bond acceptors (Lipinski definition) is 5. The summed E-state index contributed by atoms with van der Waals surface area (Å²) in [6.45, 7) is 10.0. The van der Waals surface area contributed by atoms with Crippen LogP contribution >= 0.6 is 0 Å². The van der Waals surface area contributed by atoms with E-state index < -0.39 is 6.04 Å². The first-order valence-electron chi connectivity index (χ1n) is 11.7. The Morgan fingerprint density at radius 1 is 1.09 bits per heavy atom. The number of aromatic nitrogens is 2. The van der Waals surface area contributed by atoms with E-state index in [-0.39, 0.29) is 18.2 Å². The van der Waals surface area contributed by atoms with Crippen molar-refractivity contribution in [3.05, 3.63) is 48.5 Å². The number of benzene rings is 1. The summed E-state index contributed by atoms with van der Waals surface area (Å²) in [5.74, 6) is -0.155. The van der Waals surface area contributed by atoms with Crippen molar-refractivity contribution in [1.29, 1.82) is 0 Å². The maximum absolute atomic E-state index is 13.4. The van der Waals surface area contributed by atoms with Crippen LogP contribution in [0.15, 0.2) is 43.0 Å². The number of nitrogens with one attached hydrogen (secondary N) is 1. The minimum atomic E-state index is -0.592. The lowest BCUT2D eigenvalue weighted by atomic mass is 10.1. The van der Waals surface area contributed by atoms with Gasteiger partial charge < -0.3 is 24.6 Å². The summed E-state index contributed by atoms with van der Waals surface area (Å²) in [6, 6.07) is 7.39. The maximum Gasteiger partial charge on any atom is 0.250 e. The number of nitrogens with zero attached hydrogens (tertiary/aromatic N) is 5. The van der Waals surface area contributed by atoms with Gasteiger partial charge >= 0.3 is 0 Å². The number of anilines is 1. The highest BCUT2D eigenvalue weighted by atomic mass is 16.2. The Kier molecular flexibility index (Phi) is 7.55. The van der Waals surface area contributed by atoms with Crippen molar-refractivity contribution in [2.45, 2.75) is 32.2 Å². The summed E-state index contributed by atoms with van der Waals surface area (Å²) in [6.07, 6.45) is 6.90. The second kappa shape index (κ2) is 10.7. The number of rotatable bonds is 9. The summed E-state index contributed by atoms with van der Waals surface area (Å²) in [7, 11) is 0. The molecule has 0 bridgehead atoms. The van der Waals surface area contributed by atoms with Crippen molar-refractivity contribution in [3.8, 4) is 0 Å². The van der Waals surface area contributed by atoms with Crippen LogP contribution in [0.3, 0.4) is 0 Å². The van der Waals surface area contributed by atoms with Crippen LogP contribution in [0.5, 0.6) is 0 Å². The van der Waals surface area contributed by atoms with Crippen LogP contribution in [0, 0.1) is 0 Å². The van der Waals surface area contributed by atoms with E-state index in [0.29, 0.717) is 13.1 Å². The fraction of sp³-hybridized carbons (Fsp3) is 0.542. The monoisotopic (exact) mass is 438 g/mol. The van der Waals surface area contributed by atoms with Gasteiger partial charge in [0.05, 0.1) is 12.7 Å². The number of carbonyl (C=O) groups is 2. The number of imidazole rings is 1. The molecule has 0 radical (unpaired) electrons. The third-order valence-electron chi connectivity index (χ3n) is 6.59. The van der Waals surface area contributed by atoms with Gasteiger partial charge in [0.1, 0.15) is 6.04 Å². The second-order valence-electron chi connectivity index (χ2n) is 8.58. The second-order valence-corrected chi connectivity index (χ2v) is 8.58. The van der Waals surface area contributed by atoms with Crippen LogP contribution in [0.25, 0.3) is 0 Å². The maximum atomic E-state index is 13.4. The molecule has 8 nitrogen and oxygen atoms in total. The highest BCUT2D eigenvalue weighted by Gasteiger charge is 2.32. The van der Waals surface area contributed by atoms with Gasteiger partial charge in [0.15, 0.2) is 0 Å². The number of amides is 2. The molecule has 2 aliphatic rings. The number of likely N-dealkylation sites (N-methyl/N-ethyl adjacent to an activating group) is 1. The van der Waals surface area contributed by atoms with Crippen LogP contribution in [-0.4, -0.2) is 83.5 Å².